The third-order valence-corrected chi connectivity index (χ3v) is 4.88. The van der Waals surface area contributed by atoms with Gasteiger partial charge >= 0.3 is 6.03 Å². The van der Waals surface area contributed by atoms with Gasteiger partial charge in [0.1, 0.15) is 18.2 Å². The summed E-state index contributed by atoms with van der Waals surface area (Å²) in [6, 6.07) is 18.8. The Kier molecular flexibility index (Phi) is 6.21. The number of nitrogens with one attached hydrogen (secondary N) is 1. The Bertz CT molecular complexity index is 1060. The zero-order chi connectivity index (χ0) is 21.6. The summed E-state index contributed by atoms with van der Waals surface area (Å²) < 4.78 is 29.5. The number of amides is 2. The van der Waals surface area contributed by atoms with E-state index in [0.717, 1.165) is 11.1 Å². The zero-order valence-corrected chi connectivity index (χ0v) is 17.1. The lowest BCUT2D eigenvalue weighted by molar-refractivity contribution is 0.174. The summed E-state index contributed by atoms with van der Waals surface area (Å²) in [6.45, 7) is 3.44. The summed E-state index contributed by atoms with van der Waals surface area (Å²) in [7, 11) is 0. The molecule has 0 aromatic heterocycles. The first-order valence-electron chi connectivity index (χ1n) is 10.0. The molecule has 6 nitrogen and oxygen atoms in total. The molecule has 2 amide bonds. The number of urea groups is 1. The molecule has 0 saturated heterocycles. The van der Waals surface area contributed by atoms with Crippen molar-refractivity contribution in [1.29, 1.82) is 0 Å². The van der Waals surface area contributed by atoms with Crippen LogP contribution in [0.1, 0.15) is 18.1 Å². The molecular weight excluding hydrogens is 399 g/mol. The molecule has 1 aliphatic heterocycles. The summed E-state index contributed by atoms with van der Waals surface area (Å²) in [5.41, 5.74) is 2.44. The lowest BCUT2D eigenvalue weighted by Gasteiger charge is -2.22. The van der Waals surface area contributed by atoms with Crippen LogP contribution in [0.2, 0.25) is 0 Å². The van der Waals surface area contributed by atoms with Gasteiger partial charge < -0.3 is 24.4 Å². The summed E-state index contributed by atoms with van der Waals surface area (Å²) in [6.07, 6.45) is 0. The molecule has 160 valence electrons. The number of nitrogens with zero attached hydrogens (tertiary/aromatic N) is 1. The van der Waals surface area contributed by atoms with E-state index in [-0.39, 0.29) is 18.6 Å². The van der Waals surface area contributed by atoms with E-state index in [1.807, 2.05) is 37.3 Å². The van der Waals surface area contributed by atoms with Gasteiger partial charge in [-0.15, -0.1) is 0 Å². The minimum absolute atomic E-state index is 0.212. The molecule has 0 fully saturated rings. The third kappa shape index (κ3) is 5.25. The van der Waals surface area contributed by atoms with E-state index < -0.39 is 0 Å². The van der Waals surface area contributed by atoms with Crippen molar-refractivity contribution in [3.05, 3.63) is 83.7 Å². The molecule has 0 spiro atoms. The largest absolute Gasteiger partial charge is 0.489 e. The van der Waals surface area contributed by atoms with Gasteiger partial charge in [0.25, 0.3) is 0 Å². The average Bonchev–Trinajstić information content (AvgIpc) is 3.25. The monoisotopic (exact) mass is 422 g/mol. The highest BCUT2D eigenvalue weighted by Crippen LogP contribution is 2.32. The van der Waals surface area contributed by atoms with Gasteiger partial charge in [0.15, 0.2) is 11.5 Å². The van der Waals surface area contributed by atoms with E-state index in [1.54, 1.807) is 29.2 Å². The molecule has 31 heavy (non-hydrogen) atoms. The van der Waals surface area contributed by atoms with Crippen molar-refractivity contribution in [2.24, 2.45) is 0 Å². The number of hydrogen-bond donors (Lipinski definition) is 1. The summed E-state index contributed by atoms with van der Waals surface area (Å²) >= 11 is 0. The number of carbonyl (C=O) groups excluding carboxylic acids is 1. The fraction of sp³-hybridized carbons (Fsp3) is 0.208. The van der Waals surface area contributed by atoms with Gasteiger partial charge in [-0.3, -0.25) is 0 Å². The van der Waals surface area contributed by atoms with Crippen LogP contribution in [0, 0.1) is 5.82 Å². The molecular formula is C24H23FN2O4. The SMILES string of the molecule is CCN(Cc1ccc2c(c1)OCO2)C(=O)Nc1cccc(OCc2ccc(F)cc2)c1. The highest BCUT2D eigenvalue weighted by Gasteiger charge is 2.17. The van der Waals surface area contributed by atoms with Gasteiger partial charge in [0.05, 0.1) is 0 Å². The van der Waals surface area contributed by atoms with Crippen molar-refractivity contribution < 1.29 is 23.4 Å². The van der Waals surface area contributed by atoms with Crippen LogP contribution >= 0.6 is 0 Å². The van der Waals surface area contributed by atoms with Crippen molar-refractivity contribution in [3.63, 3.8) is 0 Å². The Morgan fingerprint density at radius 2 is 1.81 bits per heavy atom. The zero-order valence-electron chi connectivity index (χ0n) is 17.1. The van der Waals surface area contributed by atoms with Crippen LogP contribution in [0.3, 0.4) is 0 Å². The topological polar surface area (TPSA) is 60.0 Å². The molecule has 1 heterocycles. The van der Waals surface area contributed by atoms with Crippen molar-refractivity contribution in [2.75, 3.05) is 18.7 Å². The Morgan fingerprint density at radius 3 is 2.61 bits per heavy atom. The normalized spacial score (nSPS) is 11.8. The number of hydrogen-bond acceptors (Lipinski definition) is 4. The Balaban J connectivity index is 1.36. The van der Waals surface area contributed by atoms with Crippen LogP contribution in [-0.2, 0) is 13.2 Å². The van der Waals surface area contributed by atoms with Crippen molar-refractivity contribution in [3.8, 4) is 17.2 Å². The molecule has 0 bridgehead atoms. The molecule has 4 rings (SSSR count). The molecule has 1 N–H and O–H groups in total. The molecule has 0 atom stereocenters. The minimum Gasteiger partial charge on any atom is -0.489 e. The lowest BCUT2D eigenvalue weighted by atomic mass is 10.2. The summed E-state index contributed by atoms with van der Waals surface area (Å²) in [4.78, 5) is 14.5. The van der Waals surface area contributed by atoms with E-state index in [1.165, 1.54) is 12.1 Å². The van der Waals surface area contributed by atoms with Crippen LogP contribution in [0.15, 0.2) is 66.7 Å². The van der Waals surface area contributed by atoms with E-state index in [4.69, 9.17) is 14.2 Å². The first-order valence-corrected chi connectivity index (χ1v) is 10.0. The predicted molar refractivity (Wildman–Crippen MR) is 115 cm³/mol. The van der Waals surface area contributed by atoms with E-state index in [9.17, 15) is 9.18 Å². The predicted octanol–water partition coefficient (Wildman–Crippen LogP) is 5.19. The highest BCUT2D eigenvalue weighted by molar-refractivity contribution is 5.89. The Morgan fingerprint density at radius 1 is 1.03 bits per heavy atom. The number of fused-ring (bicyclic) bond motifs is 1. The quantitative estimate of drug-likeness (QED) is 0.569. The second-order valence-electron chi connectivity index (χ2n) is 7.07. The van der Waals surface area contributed by atoms with Gasteiger partial charge in [-0.1, -0.05) is 24.3 Å². The first-order chi connectivity index (χ1) is 15.1. The smallest absolute Gasteiger partial charge is 0.322 e. The highest BCUT2D eigenvalue weighted by atomic mass is 19.1. The number of ether oxygens (including phenoxy) is 3. The Hall–Kier alpha value is -3.74. The minimum atomic E-state index is -0.283. The molecule has 0 aliphatic carbocycles. The van der Waals surface area contributed by atoms with Crippen molar-refractivity contribution in [2.45, 2.75) is 20.1 Å². The number of benzene rings is 3. The third-order valence-electron chi connectivity index (χ3n) is 4.88. The Labute approximate surface area is 180 Å². The number of carbonyl (C=O) groups is 1. The van der Waals surface area contributed by atoms with Crippen LogP contribution in [0.25, 0.3) is 0 Å². The molecule has 0 radical (unpaired) electrons. The number of halogens is 1. The maximum Gasteiger partial charge on any atom is 0.322 e. The molecule has 1 aliphatic rings. The summed E-state index contributed by atoms with van der Waals surface area (Å²) in [5, 5.41) is 2.91. The number of rotatable bonds is 7. The molecule has 7 heteroatoms. The van der Waals surface area contributed by atoms with E-state index in [0.29, 0.717) is 42.6 Å². The second kappa shape index (κ2) is 9.38. The standard InChI is InChI=1S/C24H23FN2O4/c1-2-27(14-18-8-11-22-23(12-18)31-16-30-22)24(28)26-20-4-3-5-21(13-20)29-15-17-6-9-19(25)10-7-17/h3-13H,2,14-16H2,1H3,(H,26,28). The van der Waals surface area contributed by atoms with Gasteiger partial charge in [-0.05, 0) is 54.4 Å². The lowest BCUT2D eigenvalue weighted by Crippen LogP contribution is -2.34. The first kappa shape index (κ1) is 20.5. The van der Waals surface area contributed by atoms with Crippen molar-refractivity contribution in [1.82, 2.24) is 4.90 Å². The number of anilines is 1. The van der Waals surface area contributed by atoms with Gasteiger partial charge in [0.2, 0.25) is 6.79 Å². The van der Waals surface area contributed by atoms with Gasteiger partial charge in [-0.2, -0.15) is 0 Å². The fourth-order valence-corrected chi connectivity index (χ4v) is 3.20. The maximum atomic E-state index is 13.0. The van der Waals surface area contributed by atoms with Crippen LogP contribution in [0.4, 0.5) is 14.9 Å². The van der Waals surface area contributed by atoms with E-state index in [2.05, 4.69) is 5.32 Å². The molecule has 0 saturated carbocycles. The second-order valence-corrected chi connectivity index (χ2v) is 7.07. The molecule has 0 unspecified atom stereocenters. The fourth-order valence-electron chi connectivity index (χ4n) is 3.20. The van der Waals surface area contributed by atoms with Crippen LogP contribution in [0.5, 0.6) is 17.2 Å². The van der Waals surface area contributed by atoms with Gasteiger partial charge in [-0.25, -0.2) is 9.18 Å². The summed E-state index contributed by atoms with van der Waals surface area (Å²) in [5.74, 6) is 1.74. The maximum absolute atomic E-state index is 13.0. The van der Waals surface area contributed by atoms with Crippen LogP contribution in [-0.4, -0.2) is 24.3 Å². The average molecular weight is 422 g/mol. The van der Waals surface area contributed by atoms with Gasteiger partial charge in [0, 0.05) is 24.8 Å². The van der Waals surface area contributed by atoms with Crippen LogP contribution < -0.4 is 19.5 Å². The molecule has 3 aromatic carbocycles. The van der Waals surface area contributed by atoms with Crippen molar-refractivity contribution >= 4 is 11.7 Å². The van der Waals surface area contributed by atoms with E-state index >= 15 is 0 Å². The molecule has 3 aromatic rings.